The SMILES string of the molecule is C#CC(=O)NCc1cnn(Cc2cc(OC)c3c(NS(=O)(=O)CC4CCCCC4)noc3c2)c1. The second-order valence-electron chi connectivity index (χ2n) is 8.46. The maximum Gasteiger partial charge on any atom is 0.295 e. The summed E-state index contributed by atoms with van der Waals surface area (Å²) in [5, 5.41) is 11.3. The lowest BCUT2D eigenvalue weighted by Gasteiger charge is -2.21. The molecule has 1 aliphatic rings. The molecule has 0 atom stereocenters. The van der Waals surface area contributed by atoms with E-state index in [-0.39, 0.29) is 24.0 Å². The van der Waals surface area contributed by atoms with Gasteiger partial charge in [0.25, 0.3) is 5.91 Å². The molecule has 1 saturated carbocycles. The maximum absolute atomic E-state index is 12.8. The van der Waals surface area contributed by atoms with Crippen LogP contribution in [0.15, 0.2) is 29.0 Å². The molecule has 11 heteroatoms. The van der Waals surface area contributed by atoms with Gasteiger partial charge in [0, 0.05) is 18.3 Å². The molecular formula is C23H27N5O5S. The van der Waals surface area contributed by atoms with Gasteiger partial charge < -0.3 is 14.6 Å². The summed E-state index contributed by atoms with van der Waals surface area (Å²) in [6.45, 7) is 0.677. The van der Waals surface area contributed by atoms with Gasteiger partial charge in [-0.25, -0.2) is 8.42 Å². The molecule has 0 unspecified atom stereocenters. The Morgan fingerprint density at radius 2 is 2.09 bits per heavy atom. The van der Waals surface area contributed by atoms with E-state index in [1.165, 1.54) is 13.5 Å². The number of nitrogens with zero attached hydrogens (tertiary/aromatic N) is 3. The minimum absolute atomic E-state index is 0.0746. The minimum atomic E-state index is -3.57. The van der Waals surface area contributed by atoms with Crippen LogP contribution in [0.5, 0.6) is 5.75 Å². The molecule has 1 aromatic carbocycles. The van der Waals surface area contributed by atoms with Crippen molar-refractivity contribution in [3.8, 4) is 18.1 Å². The topological polar surface area (TPSA) is 128 Å². The highest BCUT2D eigenvalue weighted by molar-refractivity contribution is 7.92. The van der Waals surface area contributed by atoms with E-state index in [4.69, 9.17) is 15.7 Å². The summed E-state index contributed by atoms with van der Waals surface area (Å²) in [6.07, 6.45) is 13.6. The van der Waals surface area contributed by atoms with Crippen LogP contribution in [0.25, 0.3) is 11.0 Å². The smallest absolute Gasteiger partial charge is 0.295 e. The summed E-state index contributed by atoms with van der Waals surface area (Å²) in [4.78, 5) is 11.2. The fourth-order valence-electron chi connectivity index (χ4n) is 4.27. The van der Waals surface area contributed by atoms with Crippen LogP contribution in [0.4, 0.5) is 5.82 Å². The first kappa shape index (κ1) is 23.6. The number of anilines is 1. The molecule has 0 radical (unpaired) electrons. The zero-order valence-corrected chi connectivity index (χ0v) is 19.7. The Hall–Kier alpha value is -3.52. The van der Waals surface area contributed by atoms with Gasteiger partial charge in [-0.15, -0.1) is 6.42 Å². The number of hydrogen-bond donors (Lipinski definition) is 2. The summed E-state index contributed by atoms with van der Waals surface area (Å²) in [5.74, 6) is 2.32. The molecule has 3 aromatic rings. The van der Waals surface area contributed by atoms with Gasteiger partial charge in [0.15, 0.2) is 11.4 Å². The number of carbonyl (C=O) groups is 1. The number of aromatic nitrogens is 3. The Balaban J connectivity index is 1.50. The van der Waals surface area contributed by atoms with Crippen molar-refractivity contribution in [3.05, 3.63) is 35.7 Å². The lowest BCUT2D eigenvalue weighted by Crippen LogP contribution is -2.24. The number of sulfonamides is 1. The van der Waals surface area contributed by atoms with Gasteiger partial charge in [-0.1, -0.05) is 24.4 Å². The van der Waals surface area contributed by atoms with E-state index in [9.17, 15) is 13.2 Å². The average molecular weight is 486 g/mol. The zero-order valence-electron chi connectivity index (χ0n) is 18.9. The van der Waals surface area contributed by atoms with E-state index >= 15 is 0 Å². The van der Waals surface area contributed by atoms with Gasteiger partial charge in [0.05, 0.1) is 25.6 Å². The maximum atomic E-state index is 12.8. The Morgan fingerprint density at radius 3 is 2.82 bits per heavy atom. The van der Waals surface area contributed by atoms with Crippen LogP contribution in [-0.2, 0) is 27.9 Å². The fraction of sp³-hybridized carbons (Fsp3) is 0.435. The van der Waals surface area contributed by atoms with Crippen LogP contribution in [-0.4, -0.2) is 42.1 Å². The average Bonchev–Trinajstić information content (AvgIpc) is 3.43. The molecule has 2 N–H and O–H groups in total. The predicted molar refractivity (Wildman–Crippen MR) is 127 cm³/mol. The molecule has 1 amide bonds. The Morgan fingerprint density at radius 1 is 1.29 bits per heavy atom. The number of terminal acetylenes is 1. The van der Waals surface area contributed by atoms with Crippen molar-refractivity contribution >= 4 is 32.7 Å². The van der Waals surface area contributed by atoms with Crippen molar-refractivity contribution in [1.29, 1.82) is 0 Å². The first-order chi connectivity index (χ1) is 16.4. The van der Waals surface area contributed by atoms with Crippen molar-refractivity contribution in [2.45, 2.75) is 45.2 Å². The van der Waals surface area contributed by atoms with E-state index in [1.54, 1.807) is 29.2 Å². The number of benzene rings is 1. The van der Waals surface area contributed by atoms with Gasteiger partial charge in [-0.05, 0) is 42.4 Å². The first-order valence-corrected chi connectivity index (χ1v) is 12.7. The number of rotatable bonds is 9. The summed E-state index contributed by atoms with van der Waals surface area (Å²) in [6, 6.07) is 3.56. The van der Waals surface area contributed by atoms with E-state index in [0.29, 0.717) is 23.3 Å². The third kappa shape index (κ3) is 5.69. The first-order valence-electron chi connectivity index (χ1n) is 11.1. The molecule has 10 nitrogen and oxygen atoms in total. The highest BCUT2D eigenvalue weighted by Gasteiger charge is 2.24. The minimum Gasteiger partial charge on any atom is -0.496 e. The number of fused-ring (bicyclic) bond motifs is 1. The summed E-state index contributed by atoms with van der Waals surface area (Å²) in [5.41, 5.74) is 2.02. The summed E-state index contributed by atoms with van der Waals surface area (Å²) in [7, 11) is -2.07. The van der Waals surface area contributed by atoms with Crippen molar-refractivity contribution < 1.29 is 22.5 Å². The number of methoxy groups -OCH3 is 1. The number of amides is 1. The van der Waals surface area contributed by atoms with Crippen LogP contribution in [0, 0.1) is 18.3 Å². The third-order valence-electron chi connectivity index (χ3n) is 5.87. The Labute approximate surface area is 198 Å². The van der Waals surface area contributed by atoms with Crippen LogP contribution in [0.1, 0.15) is 43.2 Å². The Kier molecular flexibility index (Phi) is 7.07. The zero-order chi connectivity index (χ0) is 24.1. The lowest BCUT2D eigenvalue weighted by atomic mass is 9.91. The standard InChI is InChI=1S/C23H27N5O5S/c1-3-21(29)24-11-18-12-25-28(14-18)13-17-9-19(32-2)22-20(10-17)33-26-23(22)27-34(30,31)15-16-7-5-4-6-8-16/h1,9-10,12,14,16H,4-8,11,13,15H2,2H3,(H,24,29)(H,26,27). The van der Waals surface area contributed by atoms with E-state index in [1.807, 2.05) is 5.92 Å². The second-order valence-corrected chi connectivity index (χ2v) is 10.2. The molecule has 0 saturated heterocycles. The normalized spacial score (nSPS) is 14.6. The molecule has 0 bridgehead atoms. The molecule has 1 aliphatic carbocycles. The molecule has 1 fully saturated rings. The van der Waals surface area contributed by atoms with Crippen molar-refractivity contribution in [1.82, 2.24) is 20.3 Å². The highest BCUT2D eigenvalue weighted by Crippen LogP contribution is 2.35. The lowest BCUT2D eigenvalue weighted by molar-refractivity contribution is -0.115. The van der Waals surface area contributed by atoms with E-state index in [2.05, 4.69) is 20.3 Å². The van der Waals surface area contributed by atoms with Gasteiger partial charge >= 0.3 is 0 Å². The predicted octanol–water partition coefficient (Wildman–Crippen LogP) is 2.65. The molecule has 34 heavy (non-hydrogen) atoms. The number of hydrogen-bond acceptors (Lipinski definition) is 7. The van der Waals surface area contributed by atoms with E-state index in [0.717, 1.165) is 36.8 Å². The highest BCUT2D eigenvalue weighted by atomic mass is 32.2. The number of carbonyl (C=O) groups excluding carboxylic acids is 1. The summed E-state index contributed by atoms with van der Waals surface area (Å²) < 4.78 is 40.7. The van der Waals surface area contributed by atoms with Gasteiger partial charge in [0.2, 0.25) is 10.0 Å². The van der Waals surface area contributed by atoms with Crippen LogP contribution in [0.2, 0.25) is 0 Å². The summed E-state index contributed by atoms with van der Waals surface area (Å²) >= 11 is 0. The van der Waals surface area contributed by atoms with Crippen molar-refractivity contribution in [3.63, 3.8) is 0 Å². The van der Waals surface area contributed by atoms with Crippen LogP contribution in [0.3, 0.4) is 0 Å². The van der Waals surface area contributed by atoms with Crippen molar-refractivity contribution in [2.24, 2.45) is 5.92 Å². The monoisotopic (exact) mass is 485 g/mol. The molecule has 180 valence electrons. The van der Waals surface area contributed by atoms with Gasteiger partial charge in [0.1, 0.15) is 11.1 Å². The van der Waals surface area contributed by atoms with E-state index < -0.39 is 15.9 Å². The second kappa shape index (κ2) is 10.2. The van der Waals surface area contributed by atoms with Crippen molar-refractivity contribution in [2.75, 3.05) is 17.6 Å². The van der Waals surface area contributed by atoms with Gasteiger partial charge in [-0.3, -0.25) is 14.2 Å². The number of ether oxygens (including phenoxy) is 1. The molecular weight excluding hydrogens is 458 g/mol. The fourth-order valence-corrected chi connectivity index (χ4v) is 5.74. The molecule has 4 rings (SSSR count). The largest absolute Gasteiger partial charge is 0.496 e. The van der Waals surface area contributed by atoms with Gasteiger partial charge in [-0.2, -0.15) is 5.10 Å². The quantitative estimate of drug-likeness (QED) is 0.446. The third-order valence-corrected chi connectivity index (χ3v) is 7.28. The molecule has 0 aliphatic heterocycles. The Bertz CT molecular complexity index is 1320. The molecule has 2 aromatic heterocycles. The number of nitrogens with one attached hydrogen (secondary N) is 2. The molecule has 2 heterocycles. The van der Waals surface area contributed by atoms with Crippen LogP contribution < -0.4 is 14.8 Å². The van der Waals surface area contributed by atoms with Crippen LogP contribution >= 0.6 is 0 Å². The molecule has 0 spiro atoms.